The molecule has 0 amide bonds. The zero-order chi connectivity index (χ0) is 15.6. The van der Waals surface area contributed by atoms with Crippen molar-refractivity contribution in [3.8, 4) is 5.88 Å². The molecule has 2 atom stereocenters. The van der Waals surface area contributed by atoms with Gasteiger partial charge in [-0.3, -0.25) is 0 Å². The van der Waals surface area contributed by atoms with Crippen LogP contribution in [0, 0.1) is 0 Å². The van der Waals surface area contributed by atoms with E-state index in [9.17, 15) is 0 Å². The highest BCUT2D eigenvalue weighted by Gasteiger charge is 2.20. The molecule has 0 spiro atoms. The van der Waals surface area contributed by atoms with Crippen LogP contribution >= 0.6 is 11.6 Å². The van der Waals surface area contributed by atoms with Crippen molar-refractivity contribution in [1.29, 1.82) is 0 Å². The number of fused-ring (bicyclic) bond motifs is 1. The molecule has 0 saturated carbocycles. The summed E-state index contributed by atoms with van der Waals surface area (Å²) >= 11 is 6.31. The maximum Gasteiger partial charge on any atom is 0.215 e. The number of ether oxygens (including phenoxy) is 1. The fraction of sp³-hybridized carbons (Fsp3) is 0.600. The van der Waals surface area contributed by atoms with Crippen molar-refractivity contribution in [2.24, 2.45) is 0 Å². The number of halogens is 1. The number of rotatable bonds is 6. The first kappa shape index (κ1) is 16.0. The molecule has 6 heteroatoms. The molecule has 2 heterocycles. The third-order valence-electron chi connectivity index (χ3n) is 3.54. The van der Waals surface area contributed by atoms with E-state index < -0.39 is 0 Å². The minimum atomic E-state index is -0.160. The van der Waals surface area contributed by atoms with Crippen molar-refractivity contribution in [1.82, 2.24) is 19.4 Å². The summed E-state index contributed by atoms with van der Waals surface area (Å²) in [6.07, 6.45) is 1.01. The first-order valence-corrected chi connectivity index (χ1v) is 7.59. The predicted molar refractivity (Wildman–Crippen MR) is 86.2 cm³/mol. The fourth-order valence-electron chi connectivity index (χ4n) is 2.38. The standard InChI is InChI=1S/C15H23ClN4O/c1-10(8-9-19(3)4)20-14(11(2)16)17-12-6-7-13(21-5)18-15(12)20/h6-7,10-11H,8-9H2,1-5H3. The van der Waals surface area contributed by atoms with Crippen LogP contribution in [-0.2, 0) is 0 Å². The Kier molecular flexibility index (Phi) is 5.06. The zero-order valence-electron chi connectivity index (χ0n) is 13.3. The number of alkyl halides is 1. The molecular weight excluding hydrogens is 288 g/mol. The van der Waals surface area contributed by atoms with Gasteiger partial charge in [0.05, 0.1) is 12.5 Å². The first-order chi connectivity index (χ1) is 9.93. The summed E-state index contributed by atoms with van der Waals surface area (Å²) in [5, 5.41) is -0.160. The number of pyridine rings is 1. The van der Waals surface area contributed by atoms with Crippen molar-refractivity contribution >= 4 is 22.8 Å². The minimum absolute atomic E-state index is 0.160. The second-order valence-corrected chi connectivity index (χ2v) is 6.25. The Balaban J connectivity index is 2.48. The lowest BCUT2D eigenvalue weighted by molar-refractivity contribution is 0.356. The summed E-state index contributed by atoms with van der Waals surface area (Å²) in [5.74, 6) is 1.45. The van der Waals surface area contributed by atoms with E-state index in [0.29, 0.717) is 5.88 Å². The molecule has 2 unspecified atom stereocenters. The molecule has 2 rings (SSSR count). The average molecular weight is 311 g/mol. The van der Waals surface area contributed by atoms with Gasteiger partial charge in [-0.25, -0.2) is 4.98 Å². The van der Waals surface area contributed by atoms with Gasteiger partial charge >= 0.3 is 0 Å². The molecule has 2 aromatic heterocycles. The van der Waals surface area contributed by atoms with E-state index in [1.807, 2.05) is 19.1 Å². The van der Waals surface area contributed by atoms with E-state index in [1.165, 1.54) is 0 Å². The maximum atomic E-state index is 6.31. The van der Waals surface area contributed by atoms with Gasteiger partial charge in [0.1, 0.15) is 11.3 Å². The highest BCUT2D eigenvalue weighted by atomic mass is 35.5. The molecule has 0 aliphatic carbocycles. The van der Waals surface area contributed by atoms with Gasteiger partial charge in [-0.1, -0.05) is 0 Å². The molecule has 0 radical (unpaired) electrons. The van der Waals surface area contributed by atoms with Crippen LogP contribution in [0.25, 0.3) is 11.2 Å². The maximum absolute atomic E-state index is 6.31. The van der Waals surface area contributed by atoms with Crippen LogP contribution < -0.4 is 4.74 Å². The molecule has 0 aliphatic rings. The third kappa shape index (κ3) is 3.47. The molecule has 0 fully saturated rings. The number of hydrogen-bond donors (Lipinski definition) is 0. The molecule has 0 aliphatic heterocycles. The van der Waals surface area contributed by atoms with Crippen LogP contribution in [0.2, 0.25) is 0 Å². The van der Waals surface area contributed by atoms with Crippen LogP contribution in [0.15, 0.2) is 12.1 Å². The van der Waals surface area contributed by atoms with Gasteiger partial charge in [0.15, 0.2) is 5.65 Å². The lowest BCUT2D eigenvalue weighted by Crippen LogP contribution is -2.19. The highest BCUT2D eigenvalue weighted by Crippen LogP contribution is 2.29. The lowest BCUT2D eigenvalue weighted by Gasteiger charge is -2.20. The van der Waals surface area contributed by atoms with Crippen LogP contribution in [-0.4, -0.2) is 47.2 Å². The van der Waals surface area contributed by atoms with Crippen LogP contribution in [0.4, 0.5) is 0 Å². The van der Waals surface area contributed by atoms with Crippen LogP contribution in [0.1, 0.15) is 37.5 Å². The summed E-state index contributed by atoms with van der Waals surface area (Å²) in [4.78, 5) is 11.4. The second kappa shape index (κ2) is 6.62. The van der Waals surface area contributed by atoms with E-state index in [1.54, 1.807) is 7.11 Å². The van der Waals surface area contributed by atoms with E-state index in [2.05, 4.69) is 40.5 Å². The largest absolute Gasteiger partial charge is 0.481 e. The van der Waals surface area contributed by atoms with Crippen LogP contribution in [0.5, 0.6) is 5.88 Å². The number of aromatic nitrogens is 3. The fourth-order valence-corrected chi connectivity index (χ4v) is 2.53. The molecular formula is C15H23ClN4O. The summed E-state index contributed by atoms with van der Waals surface area (Å²) in [7, 11) is 5.77. The Bertz CT molecular complexity index is 609. The summed E-state index contributed by atoms with van der Waals surface area (Å²) in [5.41, 5.74) is 1.69. The Labute approximate surface area is 130 Å². The molecule has 0 saturated heterocycles. The second-order valence-electron chi connectivity index (χ2n) is 5.59. The first-order valence-electron chi connectivity index (χ1n) is 7.15. The van der Waals surface area contributed by atoms with Crippen molar-refractivity contribution in [2.45, 2.75) is 31.7 Å². The Hall–Kier alpha value is -1.33. The summed E-state index contributed by atoms with van der Waals surface area (Å²) in [6, 6.07) is 4.03. The Morgan fingerprint density at radius 3 is 2.57 bits per heavy atom. The number of nitrogens with zero attached hydrogens (tertiary/aromatic N) is 4. The zero-order valence-corrected chi connectivity index (χ0v) is 14.1. The quantitative estimate of drug-likeness (QED) is 0.768. The molecule has 0 bridgehead atoms. The van der Waals surface area contributed by atoms with Gasteiger partial charge in [0.25, 0.3) is 0 Å². The molecule has 116 valence electrons. The number of hydrogen-bond acceptors (Lipinski definition) is 4. The molecule has 0 N–H and O–H groups in total. The summed E-state index contributed by atoms with van der Waals surface area (Å²) < 4.78 is 7.37. The molecule has 0 aromatic carbocycles. The lowest BCUT2D eigenvalue weighted by atomic mass is 10.2. The van der Waals surface area contributed by atoms with Gasteiger partial charge in [-0.2, -0.15) is 4.98 Å². The minimum Gasteiger partial charge on any atom is -0.481 e. The van der Waals surface area contributed by atoms with Crippen molar-refractivity contribution in [2.75, 3.05) is 27.7 Å². The van der Waals surface area contributed by atoms with Crippen LogP contribution in [0.3, 0.4) is 0 Å². The van der Waals surface area contributed by atoms with Gasteiger partial charge < -0.3 is 14.2 Å². The highest BCUT2D eigenvalue weighted by molar-refractivity contribution is 6.20. The van der Waals surface area contributed by atoms with Gasteiger partial charge in [-0.05, 0) is 47.0 Å². The SMILES string of the molecule is COc1ccc2nc(C(C)Cl)n(C(C)CCN(C)C)c2n1. The Morgan fingerprint density at radius 1 is 1.29 bits per heavy atom. The third-order valence-corrected chi connectivity index (χ3v) is 3.73. The average Bonchev–Trinajstić information content (AvgIpc) is 2.83. The van der Waals surface area contributed by atoms with Crippen molar-refractivity contribution in [3.05, 3.63) is 18.0 Å². The number of methoxy groups -OCH3 is 1. The normalized spacial score (nSPS) is 14.6. The van der Waals surface area contributed by atoms with Gasteiger partial charge in [0.2, 0.25) is 5.88 Å². The molecule has 21 heavy (non-hydrogen) atoms. The van der Waals surface area contributed by atoms with E-state index >= 15 is 0 Å². The topological polar surface area (TPSA) is 43.2 Å². The predicted octanol–water partition coefficient (Wildman–Crippen LogP) is 3.25. The monoisotopic (exact) mass is 310 g/mol. The van der Waals surface area contributed by atoms with E-state index in [0.717, 1.165) is 30.0 Å². The smallest absolute Gasteiger partial charge is 0.215 e. The molecule has 5 nitrogen and oxygen atoms in total. The molecule has 2 aromatic rings. The number of imidazole rings is 1. The van der Waals surface area contributed by atoms with Crippen molar-refractivity contribution < 1.29 is 4.74 Å². The van der Waals surface area contributed by atoms with E-state index in [4.69, 9.17) is 16.3 Å². The Morgan fingerprint density at radius 2 is 2.00 bits per heavy atom. The van der Waals surface area contributed by atoms with Gasteiger partial charge in [-0.15, -0.1) is 11.6 Å². The van der Waals surface area contributed by atoms with Gasteiger partial charge in [0, 0.05) is 12.1 Å². The van der Waals surface area contributed by atoms with E-state index in [-0.39, 0.29) is 11.4 Å². The summed E-state index contributed by atoms with van der Waals surface area (Å²) in [6.45, 7) is 5.12. The van der Waals surface area contributed by atoms with Crippen molar-refractivity contribution in [3.63, 3.8) is 0 Å².